The number of aromatic hydroxyl groups is 1. The number of hydrogen-bond acceptors (Lipinski definition) is 4. The van der Waals surface area contributed by atoms with Crippen molar-refractivity contribution in [1.82, 2.24) is 10.2 Å². The van der Waals surface area contributed by atoms with Crippen LogP contribution in [0.15, 0.2) is 48.5 Å². The van der Waals surface area contributed by atoms with E-state index in [2.05, 4.69) is 53.2 Å². The average molecular weight is 383 g/mol. The van der Waals surface area contributed by atoms with E-state index < -0.39 is 0 Å². The third-order valence-electron chi connectivity index (χ3n) is 5.20. The number of amides is 2. The molecule has 0 aliphatic carbocycles. The minimum absolute atomic E-state index is 0.0165. The fourth-order valence-electron chi connectivity index (χ4n) is 3.59. The zero-order valence-corrected chi connectivity index (χ0v) is 16.8. The van der Waals surface area contributed by atoms with Crippen LogP contribution in [0, 0.1) is 6.92 Å². The summed E-state index contributed by atoms with van der Waals surface area (Å²) in [6.07, 6.45) is 0. The van der Waals surface area contributed by atoms with Gasteiger partial charge in [-0.05, 0) is 43.7 Å². The molecule has 0 bridgehead atoms. The second kappa shape index (κ2) is 9.35. The Hall–Kier alpha value is -2.89. The Labute approximate surface area is 167 Å². The first-order valence-corrected chi connectivity index (χ1v) is 9.96. The van der Waals surface area contributed by atoms with Crippen LogP contribution in [0.2, 0.25) is 0 Å². The molecule has 1 aliphatic rings. The van der Waals surface area contributed by atoms with E-state index in [1.807, 2.05) is 23.1 Å². The Balaban J connectivity index is 1.45. The van der Waals surface area contributed by atoms with Crippen molar-refractivity contribution in [2.75, 3.05) is 55.6 Å². The average Bonchev–Trinajstić information content (AvgIpc) is 2.71. The highest BCUT2D eigenvalue weighted by Gasteiger charge is 2.22. The summed E-state index contributed by atoms with van der Waals surface area (Å²) in [5.74, 6) is 0.288. The first kappa shape index (κ1) is 19.9. The van der Waals surface area contributed by atoms with E-state index >= 15 is 0 Å². The Morgan fingerprint density at radius 3 is 2.54 bits per heavy atom. The number of urea groups is 1. The summed E-state index contributed by atoms with van der Waals surface area (Å²) < 4.78 is 0. The lowest BCUT2D eigenvalue weighted by atomic mass is 10.2. The van der Waals surface area contributed by atoms with Crippen LogP contribution in [-0.2, 0) is 0 Å². The summed E-state index contributed by atoms with van der Waals surface area (Å²) >= 11 is 0. The van der Waals surface area contributed by atoms with Crippen LogP contribution < -0.4 is 15.1 Å². The Kier molecular flexibility index (Phi) is 6.63. The summed E-state index contributed by atoms with van der Waals surface area (Å²) in [4.78, 5) is 18.7. The molecule has 1 heterocycles. The molecule has 1 aliphatic heterocycles. The van der Waals surface area contributed by atoms with Gasteiger partial charge in [0.1, 0.15) is 5.75 Å². The number of phenols is 1. The smallest absolute Gasteiger partial charge is 0.317 e. The summed E-state index contributed by atoms with van der Waals surface area (Å²) in [6, 6.07) is 15.8. The lowest BCUT2D eigenvalue weighted by molar-refractivity contribution is 0.194. The number of nitrogens with one attached hydrogen (secondary N) is 1. The molecule has 3 rings (SSSR count). The zero-order valence-electron chi connectivity index (χ0n) is 16.8. The minimum Gasteiger partial charge on any atom is -0.506 e. The molecule has 6 nitrogen and oxygen atoms in total. The van der Waals surface area contributed by atoms with Gasteiger partial charge < -0.3 is 25.1 Å². The maximum absolute atomic E-state index is 12.5. The molecule has 150 valence electrons. The van der Waals surface area contributed by atoms with Crippen molar-refractivity contribution in [3.63, 3.8) is 0 Å². The molecule has 1 saturated heterocycles. The lowest BCUT2D eigenvalue weighted by Crippen LogP contribution is -2.52. The predicted octanol–water partition coefficient (Wildman–Crippen LogP) is 3.06. The number of hydrogen-bond donors (Lipinski definition) is 2. The van der Waals surface area contributed by atoms with Gasteiger partial charge in [0, 0.05) is 51.5 Å². The Bertz CT molecular complexity index is 788. The number of piperazine rings is 1. The molecule has 0 unspecified atom stereocenters. The molecular weight excluding hydrogens is 352 g/mol. The van der Waals surface area contributed by atoms with Crippen LogP contribution in [0.1, 0.15) is 12.5 Å². The summed E-state index contributed by atoms with van der Waals surface area (Å²) in [6.45, 7) is 9.24. The number of rotatable bonds is 6. The minimum atomic E-state index is -0.0165. The number of phenolic OH excluding ortho intramolecular Hbond substituents is 1. The lowest BCUT2D eigenvalue weighted by Gasteiger charge is -2.36. The molecule has 0 aromatic heterocycles. The number of para-hydroxylation sites is 2. The zero-order chi connectivity index (χ0) is 19.9. The SMILES string of the molecule is CCN(CCNC(=O)N1CCN(c2ccccc2O)CC1)c1cccc(C)c1. The molecule has 0 spiro atoms. The van der Waals surface area contributed by atoms with Gasteiger partial charge >= 0.3 is 6.03 Å². The quantitative estimate of drug-likeness (QED) is 0.806. The van der Waals surface area contributed by atoms with Crippen molar-refractivity contribution in [1.29, 1.82) is 0 Å². The number of likely N-dealkylation sites (N-methyl/N-ethyl adjacent to an activating group) is 1. The normalized spacial score (nSPS) is 14.1. The summed E-state index contributed by atoms with van der Waals surface area (Å²) in [7, 11) is 0. The second-order valence-electron chi connectivity index (χ2n) is 7.11. The molecule has 2 amide bonds. The van der Waals surface area contributed by atoms with E-state index in [1.54, 1.807) is 6.07 Å². The topological polar surface area (TPSA) is 59.1 Å². The van der Waals surface area contributed by atoms with E-state index in [4.69, 9.17) is 0 Å². The molecule has 6 heteroatoms. The van der Waals surface area contributed by atoms with Gasteiger partial charge in [-0.2, -0.15) is 0 Å². The molecule has 2 aromatic rings. The van der Waals surface area contributed by atoms with Crippen LogP contribution >= 0.6 is 0 Å². The highest BCUT2D eigenvalue weighted by Crippen LogP contribution is 2.27. The van der Waals surface area contributed by atoms with Crippen LogP contribution in [0.3, 0.4) is 0 Å². The third kappa shape index (κ3) is 4.88. The van der Waals surface area contributed by atoms with Gasteiger partial charge in [-0.25, -0.2) is 4.79 Å². The Morgan fingerprint density at radius 2 is 1.86 bits per heavy atom. The van der Waals surface area contributed by atoms with Crippen LogP contribution in [0.25, 0.3) is 0 Å². The molecule has 28 heavy (non-hydrogen) atoms. The van der Waals surface area contributed by atoms with Gasteiger partial charge in [0.15, 0.2) is 0 Å². The van der Waals surface area contributed by atoms with Crippen molar-refractivity contribution in [3.8, 4) is 5.75 Å². The van der Waals surface area contributed by atoms with E-state index in [9.17, 15) is 9.90 Å². The number of benzene rings is 2. The second-order valence-corrected chi connectivity index (χ2v) is 7.11. The van der Waals surface area contributed by atoms with Gasteiger partial charge in [-0.1, -0.05) is 24.3 Å². The first-order valence-electron chi connectivity index (χ1n) is 9.96. The van der Waals surface area contributed by atoms with E-state index in [-0.39, 0.29) is 11.8 Å². The van der Waals surface area contributed by atoms with Crippen LogP contribution in [0.5, 0.6) is 5.75 Å². The first-order chi connectivity index (χ1) is 13.6. The number of anilines is 2. The van der Waals surface area contributed by atoms with Crippen molar-refractivity contribution in [2.45, 2.75) is 13.8 Å². The van der Waals surface area contributed by atoms with Crippen LogP contribution in [0.4, 0.5) is 16.2 Å². The third-order valence-corrected chi connectivity index (χ3v) is 5.20. The highest BCUT2D eigenvalue weighted by molar-refractivity contribution is 5.74. The fraction of sp³-hybridized carbons (Fsp3) is 0.409. The van der Waals surface area contributed by atoms with E-state index in [1.165, 1.54) is 11.3 Å². The molecule has 2 N–H and O–H groups in total. The maximum Gasteiger partial charge on any atom is 0.317 e. The summed E-state index contributed by atoms with van der Waals surface area (Å²) in [5, 5.41) is 13.0. The number of carbonyl (C=O) groups is 1. The molecule has 0 atom stereocenters. The molecule has 1 fully saturated rings. The fourth-order valence-corrected chi connectivity index (χ4v) is 3.59. The number of aryl methyl sites for hydroxylation is 1. The molecule has 0 saturated carbocycles. The molecule has 0 radical (unpaired) electrons. The largest absolute Gasteiger partial charge is 0.506 e. The maximum atomic E-state index is 12.5. The Morgan fingerprint density at radius 1 is 1.11 bits per heavy atom. The van der Waals surface area contributed by atoms with Crippen molar-refractivity contribution >= 4 is 17.4 Å². The van der Waals surface area contributed by atoms with Crippen molar-refractivity contribution in [3.05, 3.63) is 54.1 Å². The van der Waals surface area contributed by atoms with Gasteiger partial charge in [0.2, 0.25) is 0 Å². The highest BCUT2D eigenvalue weighted by atomic mass is 16.3. The van der Waals surface area contributed by atoms with Crippen LogP contribution in [-0.4, -0.2) is 61.9 Å². The van der Waals surface area contributed by atoms with Gasteiger partial charge in [0.05, 0.1) is 5.69 Å². The predicted molar refractivity (Wildman–Crippen MR) is 114 cm³/mol. The molecule has 2 aromatic carbocycles. The summed E-state index contributed by atoms with van der Waals surface area (Å²) in [5.41, 5.74) is 3.26. The van der Waals surface area contributed by atoms with Gasteiger partial charge in [-0.3, -0.25) is 0 Å². The number of nitrogens with zero attached hydrogens (tertiary/aromatic N) is 3. The van der Waals surface area contributed by atoms with Crippen molar-refractivity contribution < 1.29 is 9.90 Å². The van der Waals surface area contributed by atoms with Gasteiger partial charge in [-0.15, -0.1) is 0 Å². The monoisotopic (exact) mass is 382 g/mol. The molecular formula is C22H30N4O2. The van der Waals surface area contributed by atoms with E-state index in [0.717, 1.165) is 31.9 Å². The van der Waals surface area contributed by atoms with E-state index in [0.29, 0.717) is 19.6 Å². The number of carbonyl (C=O) groups excluding carboxylic acids is 1. The van der Waals surface area contributed by atoms with Gasteiger partial charge in [0.25, 0.3) is 0 Å². The van der Waals surface area contributed by atoms with Crippen molar-refractivity contribution in [2.24, 2.45) is 0 Å². The standard InChI is InChI=1S/C22H30N4O2/c1-3-24(19-8-6-7-18(2)17-19)12-11-23-22(28)26-15-13-25(14-16-26)20-9-4-5-10-21(20)27/h4-10,17,27H,3,11-16H2,1-2H3,(H,23,28).